The molecule has 28 heavy (non-hydrogen) atoms. The van der Waals surface area contributed by atoms with Crippen molar-refractivity contribution in [3.8, 4) is 0 Å². The quantitative estimate of drug-likeness (QED) is 0.814. The smallest absolute Gasteiger partial charge is 0.254 e. The van der Waals surface area contributed by atoms with Gasteiger partial charge in [-0.25, -0.2) is 0 Å². The van der Waals surface area contributed by atoms with Gasteiger partial charge in [0.15, 0.2) is 0 Å². The highest BCUT2D eigenvalue weighted by Gasteiger charge is 2.47. The van der Waals surface area contributed by atoms with Crippen LogP contribution in [0.5, 0.6) is 0 Å². The normalized spacial score (nSPS) is 27.9. The van der Waals surface area contributed by atoms with Crippen LogP contribution in [0.25, 0.3) is 0 Å². The topological polar surface area (TPSA) is 51.7 Å². The number of ether oxygens (including phenoxy) is 2. The summed E-state index contributed by atoms with van der Waals surface area (Å²) in [5.74, 6) is 0.834. The van der Waals surface area contributed by atoms with Crippen molar-refractivity contribution in [3.05, 3.63) is 66.0 Å². The first-order valence-electron chi connectivity index (χ1n) is 10.1. The molecule has 0 N–H and O–H groups in total. The van der Waals surface area contributed by atoms with E-state index in [4.69, 9.17) is 9.47 Å². The minimum atomic E-state index is -0.429. The fourth-order valence-electron chi connectivity index (χ4n) is 4.44. The number of pyridine rings is 1. The number of aromatic nitrogens is 1. The maximum atomic E-state index is 12.9. The highest BCUT2D eigenvalue weighted by atomic mass is 16.6. The number of benzene rings is 1. The second-order valence-electron chi connectivity index (χ2n) is 8.25. The van der Waals surface area contributed by atoms with Crippen molar-refractivity contribution in [1.29, 1.82) is 0 Å². The summed E-state index contributed by atoms with van der Waals surface area (Å²) >= 11 is 0. The summed E-state index contributed by atoms with van der Waals surface area (Å²) in [7, 11) is 0. The number of rotatable bonds is 3. The van der Waals surface area contributed by atoms with Gasteiger partial charge in [0.1, 0.15) is 5.60 Å². The first-order chi connectivity index (χ1) is 13.6. The molecule has 3 heterocycles. The van der Waals surface area contributed by atoms with E-state index in [1.807, 2.05) is 11.0 Å². The molecule has 2 saturated heterocycles. The van der Waals surface area contributed by atoms with E-state index in [9.17, 15) is 4.79 Å². The van der Waals surface area contributed by atoms with E-state index < -0.39 is 5.60 Å². The first-order valence-corrected chi connectivity index (χ1v) is 10.1. The summed E-state index contributed by atoms with van der Waals surface area (Å²) in [4.78, 5) is 18.8. The molecule has 2 fully saturated rings. The highest BCUT2D eigenvalue weighted by molar-refractivity contribution is 5.94. The van der Waals surface area contributed by atoms with Gasteiger partial charge < -0.3 is 14.4 Å². The largest absolute Gasteiger partial charge is 0.370 e. The second-order valence-corrected chi connectivity index (χ2v) is 8.25. The van der Waals surface area contributed by atoms with Gasteiger partial charge in [-0.05, 0) is 36.0 Å². The average Bonchev–Trinajstić information content (AvgIpc) is 2.74. The Labute approximate surface area is 166 Å². The van der Waals surface area contributed by atoms with Gasteiger partial charge in [0, 0.05) is 24.5 Å². The maximum Gasteiger partial charge on any atom is 0.254 e. The summed E-state index contributed by atoms with van der Waals surface area (Å²) in [5.41, 5.74) is 1.46. The number of carbonyl (C=O) groups excluding carboxylic acids is 1. The Balaban J connectivity index is 1.52. The maximum absolute atomic E-state index is 12.9. The van der Waals surface area contributed by atoms with Gasteiger partial charge in [-0.3, -0.25) is 9.78 Å². The Morgan fingerprint density at radius 3 is 2.64 bits per heavy atom. The third-order valence-corrected chi connectivity index (χ3v) is 5.97. The molecule has 1 aromatic heterocycles. The third kappa shape index (κ3) is 3.82. The first kappa shape index (κ1) is 19.1. The minimum Gasteiger partial charge on any atom is -0.370 e. The van der Waals surface area contributed by atoms with E-state index in [0.717, 1.165) is 6.42 Å². The molecule has 1 spiro atoms. The molecule has 2 aliphatic rings. The van der Waals surface area contributed by atoms with Crippen LogP contribution in [-0.2, 0) is 9.47 Å². The molecule has 0 bridgehead atoms. The summed E-state index contributed by atoms with van der Waals surface area (Å²) in [6.07, 6.45) is 4.28. The standard InChI is InChI=1S/C23H28N2O3/c1-17(2)20-14-23(16-27-21(20)18-6-4-3-5-7-18)15-25(12-13-28-23)22(26)19-8-10-24-11-9-19/h3-11,17,20-21H,12-16H2,1-2H3/t20-,21-,23-/m0/s1. The third-order valence-electron chi connectivity index (χ3n) is 5.97. The van der Waals surface area contributed by atoms with Crippen LogP contribution in [0.2, 0.25) is 0 Å². The molecular formula is C23H28N2O3. The van der Waals surface area contributed by atoms with Crippen molar-refractivity contribution in [1.82, 2.24) is 9.88 Å². The lowest BCUT2D eigenvalue weighted by molar-refractivity contribution is -0.204. The predicted molar refractivity (Wildman–Crippen MR) is 107 cm³/mol. The van der Waals surface area contributed by atoms with Crippen molar-refractivity contribution < 1.29 is 14.3 Å². The number of hydrogen-bond donors (Lipinski definition) is 0. The molecule has 4 rings (SSSR count). The summed E-state index contributed by atoms with van der Waals surface area (Å²) in [5, 5.41) is 0. The fourth-order valence-corrected chi connectivity index (χ4v) is 4.44. The summed E-state index contributed by atoms with van der Waals surface area (Å²) in [6.45, 7) is 6.71. The van der Waals surface area contributed by atoms with Crippen molar-refractivity contribution in [2.75, 3.05) is 26.3 Å². The van der Waals surface area contributed by atoms with E-state index in [0.29, 0.717) is 43.7 Å². The van der Waals surface area contributed by atoms with Crippen molar-refractivity contribution >= 4 is 5.91 Å². The molecule has 1 aromatic carbocycles. The van der Waals surface area contributed by atoms with Gasteiger partial charge in [-0.2, -0.15) is 0 Å². The van der Waals surface area contributed by atoms with Gasteiger partial charge in [0.25, 0.3) is 5.91 Å². The van der Waals surface area contributed by atoms with Crippen LogP contribution in [0.15, 0.2) is 54.9 Å². The molecule has 148 valence electrons. The summed E-state index contributed by atoms with van der Waals surface area (Å²) < 4.78 is 12.6. The molecule has 0 unspecified atom stereocenters. The lowest BCUT2D eigenvalue weighted by Crippen LogP contribution is -2.59. The van der Waals surface area contributed by atoms with E-state index in [1.165, 1.54) is 5.56 Å². The van der Waals surface area contributed by atoms with Gasteiger partial charge in [-0.15, -0.1) is 0 Å². The lowest BCUT2D eigenvalue weighted by atomic mass is 9.75. The molecule has 5 nitrogen and oxygen atoms in total. The van der Waals surface area contributed by atoms with Crippen LogP contribution in [-0.4, -0.2) is 47.7 Å². The average molecular weight is 380 g/mol. The molecule has 0 saturated carbocycles. The van der Waals surface area contributed by atoms with Gasteiger partial charge >= 0.3 is 0 Å². The van der Waals surface area contributed by atoms with Crippen LogP contribution < -0.4 is 0 Å². The molecule has 3 atom stereocenters. The monoisotopic (exact) mass is 380 g/mol. The predicted octanol–water partition coefficient (Wildman–Crippen LogP) is 3.73. The molecular weight excluding hydrogens is 352 g/mol. The van der Waals surface area contributed by atoms with Crippen LogP contribution in [0.1, 0.15) is 42.3 Å². The molecule has 2 aliphatic heterocycles. The number of amides is 1. The Hall–Kier alpha value is -2.24. The highest BCUT2D eigenvalue weighted by Crippen LogP contribution is 2.44. The Morgan fingerprint density at radius 1 is 1.18 bits per heavy atom. The fraction of sp³-hybridized carbons (Fsp3) is 0.478. The van der Waals surface area contributed by atoms with Crippen LogP contribution >= 0.6 is 0 Å². The SMILES string of the molecule is CC(C)[C@@H]1C[C@@]2(CO[C@H]1c1ccccc1)CN(C(=O)c1ccncc1)CCO2. The van der Waals surface area contributed by atoms with Gasteiger partial charge in [0.2, 0.25) is 0 Å². The van der Waals surface area contributed by atoms with Crippen LogP contribution in [0, 0.1) is 11.8 Å². The zero-order chi connectivity index (χ0) is 19.6. The number of nitrogens with zero attached hydrogens (tertiary/aromatic N) is 2. The molecule has 1 amide bonds. The lowest BCUT2D eigenvalue weighted by Gasteiger charge is -2.50. The zero-order valence-electron chi connectivity index (χ0n) is 16.6. The van der Waals surface area contributed by atoms with Gasteiger partial charge in [-0.1, -0.05) is 44.2 Å². The van der Waals surface area contributed by atoms with Crippen LogP contribution in [0.4, 0.5) is 0 Å². The molecule has 5 heteroatoms. The van der Waals surface area contributed by atoms with E-state index in [1.54, 1.807) is 24.5 Å². The summed E-state index contributed by atoms with van der Waals surface area (Å²) in [6, 6.07) is 14.0. The number of morpholine rings is 1. The molecule has 0 aliphatic carbocycles. The van der Waals surface area contributed by atoms with Crippen molar-refractivity contribution in [2.45, 2.75) is 32.0 Å². The van der Waals surface area contributed by atoms with Crippen molar-refractivity contribution in [3.63, 3.8) is 0 Å². The van der Waals surface area contributed by atoms with Crippen molar-refractivity contribution in [2.24, 2.45) is 11.8 Å². The van der Waals surface area contributed by atoms with E-state index in [-0.39, 0.29) is 12.0 Å². The van der Waals surface area contributed by atoms with E-state index >= 15 is 0 Å². The minimum absolute atomic E-state index is 0.0383. The molecule has 2 aromatic rings. The Kier molecular flexibility index (Phi) is 5.47. The second kappa shape index (κ2) is 8.02. The van der Waals surface area contributed by atoms with Gasteiger partial charge in [0.05, 0.1) is 25.9 Å². The zero-order valence-corrected chi connectivity index (χ0v) is 16.6. The van der Waals surface area contributed by atoms with Crippen LogP contribution in [0.3, 0.4) is 0 Å². The number of carbonyl (C=O) groups is 1. The van der Waals surface area contributed by atoms with E-state index in [2.05, 4.69) is 43.1 Å². The molecule has 0 radical (unpaired) electrons. The Bertz CT molecular complexity index is 796. The Morgan fingerprint density at radius 2 is 1.93 bits per heavy atom. The number of hydrogen-bond acceptors (Lipinski definition) is 4.